The van der Waals surface area contributed by atoms with E-state index >= 15 is 0 Å². The fraction of sp³-hybridized carbons (Fsp3) is 0.577. The number of benzene rings is 1. The molecule has 2 aliphatic heterocycles. The van der Waals surface area contributed by atoms with Crippen molar-refractivity contribution in [1.29, 1.82) is 0 Å². The van der Waals surface area contributed by atoms with Gasteiger partial charge in [0.15, 0.2) is 0 Å². The summed E-state index contributed by atoms with van der Waals surface area (Å²) in [5.41, 5.74) is 1.22. The number of rotatable bonds is 6. The Morgan fingerprint density at radius 1 is 1.03 bits per heavy atom. The van der Waals surface area contributed by atoms with E-state index in [1.54, 1.807) is 24.2 Å². The van der Waals surface area contributed by atoms with Crippen LogP contribution in [0.25, 0.3) is 0 Å². The molecule has 10 heteroatoms. The van der Waals surface area contributed by atoms with E-state index < -0.39 is 11.7 Å². The molecule has 3 fully saturated rings. The van der Waals surface area contributed by atoms with Crippen molar-refractivity contribution in [1.82, 2.24) is 24.9 Å². The largest absolute Gasteiger partial charge is 0.416 e. The second kappa shape index (κ2) is 9.88. The number of hydrogen-bond donors (Lipinski definition) is 1. The molecule has 1 aromatic carbocycles. The van der Waals surface area contributed by atoms with Crippen molar-refractivity contribution in [2.45, 2.75) is 56.2 Å². The van der Waals surface area contributed by atoms with Crippen molar-refractivity contribution >= 4 is 11.8 Å². The molecule has 2 aromatic rings. The summed E-state index contributed by atoms with van der Waals surface area (Å²) in [6, 6.07) is 5.86. The van der Waals surface area contributed by atoms with E-state index in [1.165, 1.54) is 12.1 Å². The summed E-state index contributed by atoms with van der Waals surface area (Å²) in [6.45, 7) is 2.67. The second-order valence-electron chi connectivity index (χ2n) is 10.2. The van der Waals surface area contributed by atoms with Crippen LogP contribution in [0.15, 0.2) is 30.5 Å². The van der Waals surface area contributed by atoms with E-state index in [9.17, 15) is 22.8 Å². The first-order valence-electron chi connectivity index (χ1n) is 12.7. The van der Waals surface area contributed by atoms with Crippen LogP contribution in [0.5, 0.6) is 0 Å². The van der Waals surface area contributed by atoms with E-state index in [-0.39, 0.29) is 35.9 Å². The quantitative estimate of drug-likeness (QED) is 0.651. The third-order valence-electron chi connectivity index (χ3n) is 7.76. The molecule has 1 atom stereocenters. The van der Waals surface area contributed by atoms with Gasteiger partial charge in [-0.2, -0.15) is 18.3 Å². The Labute approximate surface area is 208 Å². The lowest BCUT2D eigenvalue weighted by molar-refractivity contribution is -0.138. The third-order valence-corrected chi connectivity index (χ3v) is 7.76. The molecular weight excluding hydrogens is 471 g/mol. The minimum Gasteiger partial charge on any atom is -0.358 e. The first kappa shape index (κ1) is 24.8. The van der Waals surface area contributed by atoms with Crippen molar-refractivity contribution in [3.05, 3.63) is 52.8 Å². The van der Waals surface area contributed by atoms with Crippen LogP contribution in [0.2, 0.25) is 0 Å². The highest BCUT2D eigenvalue weighted by Gasteiger charge is 2.40. The van der Waals surface area contributed by atoms with Crippen LogP contribution in [-0.2, 0) is 11.0 Å². The maximum Gasteiger partial charge on any atom is 0.416 e. The van der Waals surface area contributed by atoms with Gasteiger partial charge in [0.1, 0.15) is 0 Å². The number of alkyl halides is 3. The van der Waals surface area contributed by atoms with Crippen LogP contribution in [0, 0.1) is 0 Å². The van der Waals surface area contributed by atoms with E-state index in [1.807, 2.05) is 4.68 Å². The van der Waals surface area contributed by atoms with Crippen molar-refractivity contribution in [3.63, 3.8) is 0 Å². The fourth-order valence-corrected chi connectivity index (χ4v) is 5.68. The van der Waals surface area contributed by atoms with Crippen LogP contribution < -0.4 is 5.32 Å². The molecule has 36 heavy (non-hydrogen) atoms. The molecule has 3 heterocycles. The topological polar surface area (TPSA) is 70.5 Å². The number of piperidine rings is 1. The number of nitrogens with zero attached hydrogens (tertiary/aromatic N) is 4. The molecule has 1 aliphatic carbocycles. The van der Waals surface area contributed by atoms with Gasteiger partial charge in [0.25, 0.3) is 5.91 Å². The number of aromatic nitrogens is 2. The van der Waals surface area contributed by atoms with Gasteiger partial charge < -0.3 is 10.2 Å². The fourth-order valence-electron chi connectivity index (χ4n) is 5.68. The Kier molecular flexibility index (Phi) is 6.80. The Hall–Kier alpha value is -2.88. The van der Waals surface area contributed by atoms with E-state index in [0.29, 0.717) is 31.0 Å². The summed E-state index contributed by atoms with van der Waals surface area (Å²) < 4.78 is 42.6. The molecule has 7 nitrogen and oxygen atoms in total. The monoisotopic (exact) mass is 503 g/mol. The van der Waals surface area contributed by atoms with Gasteiger partial charge in [-0.15, -0.1) is 0 Å². The summed E-state index contributed by atoms with van der Waals surface area (Å²) in [5.74, 6) is -0.163. The molecule has 0 radical (unpaired) electrons. The summed E-state index contributed by atoms with van der Waals surface area (Å²) >= 11 is 0. The van der Waals surface area contributed by atoms with Gasteiger partial charge in [0.2, 0.25) is 5.91 Å². The predicted molar refractivity (Wildman–Crippen MR) is 128 cm³/mol. The number of amides is 2. The maximum atomic E-state index is 13.6. The number of carbonyl (C=O) groups excluding carboxylic acids is 2. The first-order chi connectivity index (χ1) is 17.3. The number of halogens is 3. The molecule has 0 unspecified atom stereocenters. The zero-order chi connectivity index (χ0) is 25.4. The van der Waals surface area contributed by atoms with Crippen molar-refractivity contribution in [2.24, 2.45) is 0 Å². The van der Waals surface area contributed by atoms with Gasteiger partial charge in [-0.05, 0) is 43.7 Å². The molecule has 2 amide bonds. The van der Waals surface area contributed by atoms with Crippen LogP contribution in [0.4, 0.5) is 13.2 Å². The number of carbonyl (C=O) groups is 2. The summed E-state index contributed by atoms with van der Waals surface area (Å²) in [6.07, 6.45) is 1.49. The minimum absolute atomic E-state index is 0.000802. The molecule has 0 spiro atoms. The molecule has 1 N–H and O–H groups in total. The Morgan fingerprint density at radius 3 is 2.42 bits per heavy atom. The van der Waals surface area contributed by atoms with Crippen LogP contribution in [0.3, 0.4) is 0 Å². The van der Waals surface area contributed by atoms with Gasteiger partial charge in [0.05, 0.1) is 35.6 Å². The number of likely N-dealkylation sites (N-methyl/N-ethyl adjacent to an activating group) is 1. The molecule has 2 saturated heterocycles. The van der Waals surface area contributed by atoms with Crippen LogP contribution in [-0.4, -0.2) is 71.2 Å². The molecule has 5 rings (SSSR count). The molecule has 1 saturated carbocycles. The molecule has 1 aromatic heterocycles. The smallest absolute Gasteiger partial charge is 0.358 e. The maximum absolute atomic E-state index is 13.6. The van der Waals surface area contributed by atoms with Crippen LogP contribution >= 0.6 is 0 Å². The van der Waals surface area contributed by atoms with Gasteiger partial charge >= 0.3 is 6.18 Å². The predicted octanol–water partition coefficient (Wildman–Crippen LogP) is 3.79. The van der Waals surface area contributed by atoms with E-state index in [4.69, 9.17) is 0 Å². The van der Waals surface area contributed by atoms with E-state index in [2.05, 4.69) is 15.3 Å². The highest BCUT2D eigenvalue weighted by molar-refractivity contribution is 5.95. The minimum atomic E-state index is -4.41. The van der Waals surface area contributed by atoms with Gasteiger partial charge in [-0.25, -0.2) is 0 Å². The molecule has 194 valence electrons. The Bertz CT molecular complexity index is 1120. The lowest BCUT2D eigenvalue weighted by Gasteiger charge is -2.32. The first-order valence-corrected chi connectivity index (χ1v) is 12.7. The van der Waals surface area contributed by atoms with Gasteiger partial charge in [-0.3, -0.25) is 19.2 Å². The Balaban J connectivity index is 1.30. The summed E-state index contributed by atoms with van der Waals surface area (Å²) in [7, 11) is 1.64. The summed E-state index contributed by atoms with van der Waals surface area (Å²) in [4.78, 5) is 29.1. The van der Waals surface area contributed by atoms with Crippen molar-refractivity contribution in [2.75, 3.05) is 39.8 Å². The molecular formula is C26H32F3N5O2. The zero-order valence-corrected chi connectivity index (χ0v) is 20.4. The normalized spacial score (nSPS) is 21.7. The molecule has 3 aliphatic rings. The van der Waals surface area contributed by atoms with Crippen LogP contribution in [0.1, 0.15) is 77.2 Å². The van der Waals surface area contributed by atoms with Crippen molar-refractivity contribution in [3.8, 4) is 0 Å². The average molecular weight is 504 g/mol. The lowest BCUT2D eigenvalue weighted by Crippen LogP contribution is -2.41. The highest BCUT2D eigenvalue weighted by Crippen LogP contribution is 2.44. The number of likely N-dealkylation sites (tertiary alicyclic amines) is 2. The standard InChI is InChI=1S/C26H32F3N5O2/c1-30-23(35)16-32-11-9-19(10-12-32)34-24(17-6-7-17)21(14-31-34)25(36)33-13-8-18(15-33)20-4-2-3-5-22(20)26(27,28)29/h2-5,14,17-19H,6-13,15-16H2,1H3,(H,30,35)/t18-/m1/s1. The number of nitrogens with one attached hydrogen (secondary N) is 1. The highest BCUT2D eigenvalue weighted by atomic mass is 19.4. The lowest BCUT2D eigenvalue weighted by atomic mass is 9.93. The van der Waals surface area contributed by atoms with E-state index in [0.717, 1.165) is 50.5 Å². The second-order valence-corrected chi connectivity index (χ2v) is 10.2. The number of hydrogen-bond acceptors (Lipinski definition) is 4. The Morgan fingerprint density at radius 2 is 1.75 bits per heavy atom. The SMILES string of the molecule is CNC(=O)CN1CCC(n2ncc(C(=O)N3CC[C@@H](c4ccccc4C(F)(F)F)C3)c2C2CC2)CC1. The zero-order valence-electron chi connectivity index (χ0n) is 20.4. The van der Waals surface area contributed by atoms with Crippen molar-refractivity contribution < 1.29 is 22.8 Å². The molecule has 0 bridgehead atoms. The summed E-state index contributed by atoms with van der Waals surface area (Å²) in [5, 5.41) is 7.30. The van der Waals surface area contributed by atoms with Gasteiger partial charge in [-0.1, -0.05) is 18.2 Å². The third kappa shape index (κ3) is 5.00. The van der Waals surface area contributed by atoms with Gasteiger partial charge in [0, 0.05) is 45.1 Å². The average Bonchev–Trinajstić information content (AvgIpc) is 3.41.